The Bertz CT molecular complexity index is 366. The van der Waals surface area contributed by atoms with Gasteiger partial charge in [0.15, 0.2) is 0 Å². The summed E-state index contributed by atoms with van der Waals surface area (Å²) in [6.45, 7) is 9.65. The van der Waals surface area contributed by atoms with Crippen molar-refractivity contribution in [1.29, 1.82) is 0 Å². The Balaban J connectivity index is 2.64. The molecule has 2 atom stereocenters. The molecule has 1 heterocycles. The van der Waals surface area contributed by atoms with Crippen LogP contribution >= 0.6 is 0 Å². The zero-order chi connectivity index (χ0) is 15.0. The lowest BCUT2D eigenvalue weighted by Crippen LogP contribution is -2.32. The maximum Gasteiger partial charge on any atom is 0.228 e. The number of rotatable bonds is 10. The van der Waals surface area contributed by atoms with E-state index in [2.05, 4.69) is 43.2 Å². The largest absolute Gasteiger partial charge is 0.373 e. The SMILES string of the molecule is CCCC(OC)c1noc(CC(CC(C)C)NCC)n1. The number of ether oxygens (including phenoxy) is 1. The van der Waals surface area contributed by atoms with Crippen molar-refractivity contribution in [3.05, 3.63) is 11.7 Å². The molecule has 5 heteroatoms. The topological polar surface area (TPSA) is 60.2 Å². The van der Waals surface area contributed by atoms with Crippen molar-refractivity contribution >= 4 is 0 Å². The van der Waals surface area contributed by atoms with E-state index >= 15 is 0 Å². The summed E-state index contributed by atoms with van der Waals surface area (Å²) in [5.74, 6) is 2.02. The molecule has 0 bridgehead atoms. The fraction of sp³-hybridized carbons (Fsp3) is 0.867. The normalized spacial score (nSPS) is 14.7. The lowest BCUT2D eigenvalue weighted by Gasteiger charge is -2.17. The Hall–Kier alpha value is -0.940. The second-order valence-corrected chi connectivity index (χ2v) is 5.65. The molecular weight excluding hydrogens is 254 g/mol. The van der Waals surface area contributed by atoms with Gasteiger partial charge in [-0.2, -0.15) is 4.98 Å². The molecule has 0 aliphatic carbocycles. The fourth-order valence-corrected chi connectivity index (χ4v) is 2.40. The van der Waals surface area contributed by atoms with Crippen molar-refractivity contribution < 1.29 is 9.26 Å². The van der Waals surface area contributed by atoms with E-state index in [4.69, 9.17) is 9.26 Å². The van der Waals surface area contributed by atoms with Crippen LogP contribution in [0.15, 0.2) is 4.52 Å². The van der Waals surface area contributed by atoms with E-state index < -0.39 is 0 Å². The monoisotopic (exact) mass is 283 g/mol. The van der Waals surface area contributed by atoms with Gasteiger partial charge in [0, 0.05) is 19.6 Å². The van der Waals surface area contributed by atoms with Crippen molar-refractivity contribution in [3.63, 3.8) is 0 Å². The van der Waals surface area contributed by atoms with Crippen LogP contribution < -0.4 is 5.32 Å². The maximum absolute atomic E-state index is 5.41. The minimum absolute atomic E-state index is 0.0554. The molecular formula is C15H29N3O2. The van der Waals surface area contributed by atoms with Gasteiger partial charge in [0.25, 0.3) is 0 Å². The Morgan fingerprint density at radius 1 is 1.30 bits per heavy atom. The van der Waals surface area contributed by atoms with Gasteiger partial charge in [-0.25, -0.2) is 0 Å². The number of methoxy groups -OCH3 is 1. The Morgan fingerprint density at radius 3 is 2.60 bits per heavy atom. The van der Waals surface area contributed by atoms with Gasteiger partial charge in [-0.1, -0.05) is 39.3 Å². The van der Waals surface area contributed by atoms with Crippen LogP contribution in [0.25, 0.3) is 0 Å². The van der Waals surface area contributed by atoms with Crippen LogP contribution in [0.4, 0.5) is 0 Å². The van der Waals surface area contributed by atoms with E-state index in [0.29, 0.717) is 23.7 Å². The summed E-state index contributed by atoms with van der Waals surface area (Å²) < 4.78 is 10.8. The van der Waals surface area contributed by atoms with Crippen LogP contribution in [-0.4, -0.2) is 29.8 Å². The van der Waals surface area contributed by atoms with E-state index in [1.165, 1.54) is 0 Å². The average Bonchev–Trinajstić information content (AvgIpc) is 2.83. The predicted octanol–water partition coefficient (Wildman–Crippen LogP) is 3.12. The summed E-state index contributed by atoms with van der Waals surface area (Å²) in [7, 11) is 1.69. The minimum atomic E-state index is -0.0554. The smallest absolute Gasteiger partial charge is 0.228 e. The first-order valence-electron chi connectivity index (χ1n) is 7.69. The molecule has 0 aliphatic rings. The first kappa shape index (κ1) is 17.1. The van der Waals surface area contributed by atoms with Crippen LogP contribution in [0.2, 0.25) is 0 Å². The molecule has 0 radical (unpaired) electrons. The highest BCUT2D eigenvalue weighted by molar-refractivity contribution is 4.93. The standard InChI is InChI=1S/C15H29N3O2/c1-6-8-13(19-5)15-17-14(20-18-15)10-12(16-7-2)9-11(3)4/h11-13,16H,6-10H2,1-5H3. The first-order valence-corrected chi connectivity index (χ1v) is 7.69. The zero-order valence-electron chi connectivity index (χ0n) is 13.5. The van der Waals surface area contributed by atoms with Gasteiger partial charge >= 0.3 is 0 Å². The summed E-state index contributed by atoms with van der Waals surface area (Å²) >= 11 is 0. The zero-order valence-corrected chi connectivity index (χ0v) is 13.5. The quantitative estimate of drug-likeness (QED) is 0.715. The van der Waals surface area contributed by atoms with E-state index in [1.807, 2.05) is 0 Å². The van der Waals surface area contributed by atoms with Gasteiger partial charge in [-0.3, -0.25) is 0 Å². The van der Waals surface area contributed by atoms with Gasteiger partial charge in [0.2, 0.25) is 11.7 Å². The molecule has 0 aromatic carbocycles. The molecule has 20 heavy (non-hydrogen) atoms. The van der Waals surface area contributed by atoms with Crippen molar-refractivity contribution in [2.45, 2.75) is 65.5 Å². The Kier molecular flexibility index (Phi) is 7.77. The molecule has 116 valence electrons. The average molecular weight is 283 g/mol. The van der Waals surface area contributed by atoms with Crippen LogP contribution in [0.3, 0.4) is 0 Å². The first-order chi connectivity index (χ1) is 9.60. The molecule has 2 unspecified atom stereocenters. The predicted molar refractivity (Wildman–Crippen MR) is 79.6 cm³/mol. The van der Waals surface area contributed by atoms with Gasteiger partial charge in [-0.15, -0.1) is 0 Å². The number of nitrogens with one attached hydrogen (secondary N) is 1. The summed E-state index contributed by atoms with van der Waals surface area (Å²) in [5, 5.41) is 7.54. The van der Waals surface area contributed by atoms with Crippen molar-refractivity contribution in [3.8, 4) is 0 Å². The third kappa shape index (κ3) is 5.59. The second kappa shape index (κ2) is 9.08. The molecule has 0 saturated carbocycles. The fourth-order valence-electron chi connectivity index (χ4n) is 2.40. The van der Waals surface area contributed by atoms with E-state index in [9.17, 15) is 0 Å². The Morgan fingerprint density at radius 2 is 2.05 bits per heavy atom. The molecule has 0 aliphatic heterocycles. The highest BCUT2D eigenvalue weighted by atomic mass is 16.5. The van der Waals surface area contributed by atoms with E-state index in [-0.39, 0.29) is 6.10 Å². The van der Waals surface area contributed by atoms with E-state index in [0.717, 1.165) is 32.2 Å². The highest BCUT2D eigenvalue weighted by Gasteiger charge is 2.19. The summed E-state index contributed by atoms with van der Waals surface area (Å²) in [6.07, 6.45) is 3.78. The van der Waals surface area contributed by atoms with Gasteiger partial charge in [0.1, 0.15) is 6.10 Å². The van der Waals surface area contributed by atoms with Crippen molar-refractivity contribution in [2.75, 3.05) is 13.7 Å². The lowest BCUT2D eigenvalue weighted by atomic mass is 10.0. The van der Waals surface area contributed by atoms with Crippen molar-refractivity contribution in [1.82, 2.24) is 15.5 Å². The second-order valence-electron chi connectivity index (χ2n) is 5.65. The molecule has 1 aromatic rings. The molecule has 0 saturated heterocycles. The molecule has 0 fully saturated rings. The molecule has 1 rings (SSSR count). The van der Waals surface area contributed by atoms with Crippen LogP contribution in [0.5, 0.6) is 0 Å². The number of hydrogen-bond acceptors (Lipinski definition) is 5. The highest BCUT2D eigenvalue weighted by Crippen LogP contribution is 2.19. The third-order valence-electron chi connectivity index (χ3n) is 3.28. The number of likely N-dealkylation sites (N-methyl/N-ethyl adjacent to an activating group) is 1. The molecule has 1 N–H and O–H groups in total. The number of nitrogens with zero attached hydrogens (tertiary/aromatic N) is 2. The van der Waals surface area contributed by atoms with Gasteiger partial charge < -0.3 is 14.6 Å². The molecule has 0 amide bonds. The van der Waals surface area contributed by atoms with Crippen LogP contribution in [0.1, 0.15) is 64.8 Å². The number of aromatic nitrogens is 2. The van der Waals surface area contributed by atoms with Crippen LogP contribution in [0, 0.1) is 5.92 Å². The van der Waals surface area contributed by atoms with Crippen molar-refractivity contribution in [2.24, 2.45) is 5.92 Å². The molecule has 1 aromatic heterocycles. The van der Waals surface area contributed by atoms with E-state index in [1.54, 1.807) is 7.11 Å². The molecule has 5 nitrogen and oxygen atoms in total. The molecule has 0 spiro atoms. The van der Waals surface area contributed by atoms with Crippen LogP contribution in [-0.2, 0) is 11.2 Å². The van der Waals surface area contributed by atoms with Gasteiger partial charge in [-0.05, 0) is 25.3 Å². The minimum Gasteiger partial charge on any atom is -0.373 e. The summed E-state index contributed by atoms with van der Waals surface area (Å²) in [6, 6.07) is 0.389. The lowest BCUT2D eigenvalue weighted by molar-refractivity contribution is 0.0854. The number of hydrogen-bond donors (Lipinski definition) is 1. The Labute approximate surface area is 122 Å². The third-order valence-corrected chi connectivity index (χ3v) is 3.28. The maximum atomic E-state index is 5.41. The summed E-state index contributed by atoms with van der Waals surface area (Å²) in [5.41, 5.74) is 0. The van der Waals surface area contributed by atoms with Gasteiger partial charge in [0.05, 0.1) is 0 Å². The summed E-state index contributed by atoms with van der Waals surface area (Å²) in [4.78, 5) is 4.49.